The number of furan rings is 1. The second-order valence-corrected chi connectivity index (χ2v) is 8.95. The lowest BCUT2D eigenvalue weighted by Gasteiger charge is -2.33. The Bertz CT molecular complexity index is 718. The minimum absolute atomic E-state index is 0. The summed E-state index contributed by atoms with van der Waals surface area (Å²) in [5, 5.41) is 7.68. The summed E-state index contributed by atoms with van der Waals surface area (Å²) < 4.78 is 5.43. The Morgan fingerprint density at radius 2 is 1.97 bits per heavy atom. The number of piperidine rings is 1. The molecule has 2 N–H and O–H groups in total. The predicted molar refractivity (Wildman–Crippen MR) is 139 cm³/mol. The van der Waals surface area contributed by atoms with Crippen molar-refractivity contribution in [2.24, 2.45) is 4.99 Å². The Kier molecular flexibility index (Phi) is 11.7. The van der Waals surface area contributed by atoms with E-state index in [2.05, 4.69) is 59.0 Å². The molecule has 0 bridgehead atoms. The van der Waals surface area contributed by atoms with Gasteiger partial charge in [-0.25, -0.2) is 0 Å². The molecule has 1 unspecified atom stereocenters. The molecule has 3 rings (SSSR count). The average Bonchev–Trinajstić information content (AvgIpc) is 3.27. The highest BCUT2D eigenvalue weighted by molar-refractivity contribution is 14.0. The third-order valence-electron chi connectivity index (χ3n) is 5.33. The molecule has 1 saturated heterocycles. The van der Waals surface area contributed by atoms with Crippen LogP contribution in [-0.2, 0) is 13.0 Å². The topological polar surface area (TPSA) is 52.8 Å². The van der Waals surface area contributed by atoms with Crippen molar-refractivity contribution in [3.63, 3.8) is 0 Å². The molecule has 2 aromatic rings. The Morgan fingerprint density at radius 3 is 2.63 bits per heavy atom. The molecular formula is C23H35IN4OS. The number of aliphatic imine (C=N–C) groups is 1. The van der Waals surface area contributed by atoms with Crippen molar-refractivity contribution in [3.05, 3.63) is 60.1 Å². The molecule has 1 fully saturated rings. The van der Waals surface area contributed by atoms with Gasteiger partial charge in [-0.05, 0) is 36.8 Å². The van der Waals surface area contributed by atoms with Crippen molar-refractivity contribution in [2.75, 3.05) is 32.4 Å². The summed E-state index contributed by atoms with van der Waals surface area (Å²) >= 11 is 1.85. The quantitative estimate of drug-likeness (QED) is 0.280. The molecule has 0 radical (unpaired) electrons. The summed E-state index contributed by atoms with van der Waals surface area (Å²) in [6.45, 7) is 7.14. The fourth-order valence-corrected chi connectivity index (χ4v) is 3.70. The van der Waals surface area contributed by atoms with Gasteiger partial charge in [0.15, 0.2) is 5.96 Å². The lowest BCUT2D eigenvalue weighted by atomic mass is 10.0. The number of likely N-dealkylation sites (tertiary alicyclic amines) is 1. The highest BCUT2D eigenvalue weighted by Crippen LogP contribution is 2.14. The van der Waals surface area contributed by atoms with Crippen LogP contribution in [0, 0.1) is 0 Å². The van der Waals surface area contributed by atoms with E-state index in [4.69, 9.17) is 9.41 Å². The minimum atomic E-state index is 0. The highest BCUT2D eigenvalue weighted by Gasteiger charge is 2.20. The van der Waals surface area contributed by atoms with Crippen molar-refractivity contribution in [3.8, 4) is 0 Å². The molecule has 1 atom stereocenters. The van der Waals surface area contributed by atoms with Crippen LogP contribution < -0.4 is 10.6 Å². The van der Waals surface area contributed by atoms with Gasteiger partial charge in [0.05, 0.1) is 12.8 Å². The largest absolute Gasteiger partial charge is 0.469 e. The van der Waals surface area contributed by atoms with Gasteiger partial charge in [-0.15, -0.1) is 24.0 Å². The van der Waals surface area contributed by atoms with E-state index >= 15 is 0 Å². The first-order chi connectivity index (χ1) is 14.2. The molecule has 1 aromatic carbocycles. The molecule has 1 aromatic heterocycles. The van der Waals surface area contributed by atoms with Crippen LogP contribution in [0.2, 0.25) is 0 Å². The third kappa shape index (κ3) is 8.89. The van der Waals surface area contributed by atoms with Crippen LogP contribution in [0.1, 0.15) is 31.1 Å². The Hall–Kier alpha value is -1.19. The van der Waals surface area contributed by atoms with E-state index in [9.17, 15) is 0 Å². The van der Waals surface area contributed by atoms with Gasteiger partial charge in [0, 0.05) is 43.9 Å². The van der Waals surface area contributed by atoms with Crippen molar-refractivity contribution in [1.82, 2.24) is 15.5 Å². The van der Waals surface area contributed by atoms with Gasteiger partial charge >= 0.3 is 0 Å². The number of guanidine groups is 1. The molecule has 0 spiro atoms. The monoisotopic (exact) mass is 542 g/mol. The maximum absolute atomic E-state index is 5.43. The summed E-state index contributed by atoms with van der Waals surface area (Å²) in [5.74, 6) is 1.93. The molecule has 30 heavy (non-hydrogen) atoms. The Labute approximate surface area is 202 Å². The molecule has 2 heterocycles. The number of nitrogens with one attached hydrogen (secondary N) is 2. The smallest absolute Gasteiger partial charge is 0.191 e. The SMILES string of the molecule is CSC(C)CN=C(NCCc1ccco1)NC1CCN(Cc2ccccc2)CC1.I. The first kappa shape index (κ1) is 25.1. The first-order valence-corrected chi connectivity index (χ1v) is 11.9. The fraction of sp³-hybridized carbons (Fsp3) is 0.522. The fourth-order valence-electron chi connectivity index (χ4n) is 3.48. The molecule has 0 aliphatic carbocycles. The number of halogens is 1. The van der Waals surface area contributed by atoms with Crippen LogP contribution in [0.25, 0.3) is 0 Å². The van der Waals surface area contributed by atoms with E-state index < -0.39 is 0 Å². The summed E-state index contributed by atoms with van der Waals surface area (Å²) in [4.78, 5) is 7.37. The third-order valence-corrected chi connectivity index (χ3v) is 6.28. The van der Waals surface area contributed by atoms with Crippen molar-refractivity contribution < 1.29 is 4.42 Å². The summed E-state index contributed by atoms with van der Waals surface area (Å²) in [7, 11) is 0. The zero-order valence-corrected chi connectivity index (χ0v) is 21.2. The number of thioether (sulfide) groups is 1. The number of hydrogen-bond donors (Lipinski definition) is 2. The Morgan fingerprint density at radius 1 is 1.20 bits per heavy atom. The lowest BCUT2D eigenvalue weighted by Crippen LogP contribution is -2.49. The van der Waals surface area contributed by atoms with E-state index in [1.807, 2.05) is 23.9 Å². The van der Waals surface area contributed by atoms with Crippen LogP contribution >= 0.6 is 35.7 Å². The highest BCUT2D eigenvalue weighted by atomic mass is 127. The van der Waals surface area contributed by atoms with Crippen molar-refractivity contribution >= 4 is 41.7 Å². The number of benzene rings is 1. The van der Waals surface area contributed by atoms with Crippen LogP contribution in [0.5, 0.6) is 0 Å². The molecule has 166 valence electrons. The predicted octanol–water partition coefficient (Wildman–Crippen LogP) is 4.39. The van der Waals surface area contributed by atoms with E-state index in [-0.39, 0.29) is 24.0 Å². The molecular weight excluding hydrogens is 507 g/mol. The van der Waals surface area contributed by atoms with Gasteiger partial charge in [-0.2, -0.15) is 11.8 Å². The van der Waals surface area contributed by atoms with Gasteiger partial charge < -0.3 is 15.1 Å². The number of rotatable bonds is 9. The number of hydrogen-bond acceptors (Lipinski definition) is 4. The molecule has 5 nitrogen and oxygen atoms in total. The maximum atomic E-state index is 5.43. The van der Waals surface area contributed by atoms with Gasteiger partial charge in [-0.1, -0.05) is 37.3 Å². The summed E-state index contributed by atoms with van der Waals surface area (Å²) in [6.07, 6.45) is 7.01. The van der Waals surface area contributed by atoms with Gasteiger partial charge in [0.2, 0.25) is 0 Å². The average molecular weight is 543 g/mol. The summed E-state index contributed by atoms with van der Waals surface area (Å²) in [5.41, 5.74) is 1.40. The van der Waals surface area contributed by atoms with Crippen LogP contribution in [0.4, 0.5) is 0 Å². The van der Waals surface area contributed by atoms with Gasteiger partial charge in [0.1, 0.15) is 5.76 Å². The van der Waals surface area contributed by atoms with E-state index in [0.29, 0.717) is 11.3 Å². The second kappa shape index (κ2) is 14.0. The van der Waals surface area contributed by atoms with E-state index in [0.717, 1.165) is 63.7 Å². The van der Waals surface area contributed by atoms with Gasteiger partial charge in [0.25, 0.3) is 0 Å². The molecule has 1 aliphatic rings. The van der Waals surface area contributed by atoms with E-state index in [1.54, 1.807) is 6.26 Å². The zero-order valence-electron chi connectivity index (χ0n) is 18.0. The second-order valence-electron chi connectivity index (χ2n) is 7.67. The van der Waals surface area contributed by atoms with Crippen molar-refractivity contribution in [2.45, 2.75) is 44.0 Å². The molecule has 0 amide bonds. The first-order valence-electron chi connectivity index (χ1n) is 10.6. The normalized spacial score (nSPS) is 16.7. The van der Waals surface area contributed by atoms with Crippen LogP contribution in [-0.4, -0.2) is 54.6 Å². The maximum Gasteiger partial charge on any atom is 0.191 e. The molecule has 1 aliphatic heterocycles. The Balaban J connectivity index is 0.00000320. The van der Waals surface area contributed by atoms with Crippen molar-refractivity contribution in [1.29, 1.82) is 0 Å². The lowest BCUT2D eigenvalue weighted by molar-refractivity contribution is 0.198. The van der Waals surface area contributed by atoms with E-state index in [1.165, 1.54) is 5.56 Å². The molecule has 0 saturated carbocycles. The van der Waals surface area contributed by atoms with Crippen LogP contribution in [0.3, 0.4) is 0 Å². The summed E-state index contributed by atoms with van der Waals surface area (Å²) in [6, 6.07) is 15.2. The zero-order chi connectivity index (χ0) is 20.3. The standard InChI is InChI=1S/C23H34N4OS.HI/c1-19(29-2)17-25-23(24-13-10-22-9-6-16-28-22)26-21-11-14-27(15-12-21)18-20-7-4-3-5-8-20;/h3-9,16,19,21H,10-15,17-18H2,1-2H3,(H2,24,25,26);1H. The number of nitrogens with zero attached hydrogens (tertiary/aromatic N) is 2. The minimum Gasteiger partial charge on any atom is -0.469 e. The molecule has 7 heteroatoms. The van der Waals surface area contributed by atoms with Crippen LogP contribution in [0.15, 0.2) is 58.1 Å². The van der Waals surface area contributed by atoms with Gasteiger partial charge in [-0.3, -0.25) is 9.89 Å².